The average Bonchev–Trinajstić information content (AvgIpc) is 3.16. The number of carbonyl (C=O) groups is 2. The van der Waals surface area contributed by atoms with Crippen LogP contribution in [0.5, 0.6) is 5.75 Å². The quantitative estimate of drug-likeness (QED) is 0.622. The highest BCUT2D eigenvalue weighted by atomic mass is 16.5. The van der Waals surface area contributed by atoms with Gasteiger partial charge in [-0.2, -0.15) is 0 Å². The van der Waals surface area contributed by atoms with Gasteiger partial charge in [-0.25, -0.2) is 15.2 Å². The smallest absolute Gasteiger partial charge is 0.423 e. The summed E-state index contributed by atoms with van der Waals surface area (Å²) in [4.78, 5) is 26.6. The fraction of sp³-hybridized carbons (Fsp3) is 0.0556. The van der Waals surface area contributed by atoms with Crippen molar-refractivity contribution in [3.63, 3.8) is 0 Å². The number of ether oxygens (including phenoxy) is 1. The van der Waals surface area contributed by atoms with Crippen molar-refractivity contribution in [2.75, 3.05) is 7.11 Å². The van der Waals surface area contributed by atoms with Gasteiger partial charge >= 0.3 is 6.09 Å². The summed E-state index contributed by atoms with van der Waals surface area (Å²) in [5.74, 6) is 1.07. The third kappa shape index (κ3) is 3.81. The molecule has 0 bridgehead atoms. The number of methoxy groups -OCH3 is 1. The van der Waals surface area contributed by atoms with Gasteiger partial charge in [0.2, 0.25) is 5.89 Å². The predicted molar refractivity (Wildman–Crippen MR) is 92.6 cm³/mol. The van der Waals surface area contributed by atoms with Gasteiger partial charge in [-0.1, -0.05) is 6.07 Å². The second-order valence-corrected chi connectivity index (χ2v) is 5.22. The molecule has 3 aromatic rings. The Morgan fingerprint density at radius 1 is 1.08 bits per heavy atom. The maximum Gasteiger partial charge on any atom is 0.423 e. The summed E-state index contributed by atoms with van der Waals surface area (Å²) in [5, 5.41) is 8.53. The molecule has 8 nitrogen and oxygen atoms in total. The summed E-state index contributed by atoms with van der Waals surface area (Å²) < 4.78 is 10.9. The molecule has 0 radical (unpaired) electrons. The topological polar surface area (TPSA) is 114 Å². The normalized spacial score (nSPS) is 10.2. The van der Waals surface area contributed by atoms with Crippen LogP contribution >= 0.6 is 0 Å². The summed E-state index contributed by atoms with van der Waals surface area (Å²) in [7, 11) is 1.59. The molecular weight excluding hydrogens is 338 g/mol. The van der Waals surface area contributed by atoms with Crippen LogP contribution in [0.2, 0.25) is 0 Å². The van der Waals surface area contributed by atoms with Crippen LogP contribution in [-0.2, 0) is 0 Å². The zero-order valence-corrected chi connectivity index (χ0v) is 13.7. The van der Waals surface area contributed by atoms with E-state index in [0.717, 1.165) is 11.3 Å². The summed E-state index contributed by atoms with van der Waals surface area (Å²) >= 11 is 0. The number of amides is 2. The minimum atomic E-state index is -1.36. The van der Waals surface area contributed by atoms with Gasteiger partial charge in [-0.05, 0) is 42.5 Å². The highest BCUT2D eigenvalue weighted by Crippen LogP contribution is 2.27. The Morgan fingerprint density at radius 2 is 1.85 bits per heavy atom. The van der Waals surface area contributed by atoms with Gasteiger partial charge in [-0.15, -0.1) is 0 Å². The third-order valence-electron chi connectivity index (χ3n) is 3.53. The number of nitrogens with one attached hydrogen (secondary N) is 2. The number of nitrogens with zero attached hydrogens (tertiary/aromatic N) is 1. The Hall–Kier alpha value is -3.81. The minimum absolute atomic E-state index is 0.264. The lowest BCUT2D eigenvalue weighted by molar-refractivity contribution is 0.0926. The van der Waals surface area contributed by atoms with E-state index in [1.54, 1.807) is 43.0 Å². The Kier molecular flexibility index (Phi) is 4.84. The van der Waals surface area contributed by atoms with Gasteiger partial charge in [0.05, 0.1) is 13.3 Å². The highest BCUT2D eigenvalue weighted by molar-refractivity contribution is 5.95. The van der Waals surface area contributed by atoms with Crippen LogP contribution < -0.4 is 15.6 Å². The van der Waals surface area contributed by atoms with Crippen molar-refractivity contribution in [1.82, 2.24) is 15.8 Å². The molecule has 3 N–H and O–H groups in total. The maximum atomic E-state index is 11.9. The fourth-order valence-electron chi connectivity index (χ4n) is 2.27. The molecule has 26 heavy (non-hydrogen) atoms. The van der Waals surface area contributed by atoms with E-state index in [4.69, 9.17) is 14.3 Å². The average molecular weight is 353 g/mol. The number of hydrogen-bond donors (Lipinski definition) is 3. The second kappa shape index (κ2) is 7.39. The zero-order chi connectivity index (χ0) is 18.5. The number of carboxylic acid groups (broad SMARTS) is 1. The van der Waals surface area contributed by atoms with Crippen LogP contribution in [0.1, 0.15) is 10.4 Å². The molecule has 1 aromatic heterocycles. The maximum absolute atomic E-state index is 11.9. The van der Waals surface area contributed by atoms with Crippen molar-refractivity contribution in [2.24, 2.45) is 0 Å². The molecule has 2 amide bonds. The second-order valence-electron chi connectivity index (χ2n) is 5.22. The Bertz CT molecular complexity index is 934. The number of hydrogen-bond acceptors (Lipinski definition) is 5. The summed E-state index contributed by atoms with van der Waals surface area (Å²) in [6, 6.07) is 13.8. The van der Waals surface area contributed by atoms with E-state index in [2.05, 4.69) is 10.4 Å². The highest BCUT2D eigenvalue weighted by Gasteiger charge is 2.12. The van der Waals surface area contributed by atoms with Gasteiger partial charge in [0.25, 0.3) is 5.91 Å². The van der Waals surface area contributed by atoms with Crippen molar-refractivity contribution in [3.8, 4) is 28.5 Å². The van der Waals surface area contributed by atoms with Crippen molar-refractivity contribution in [1.29, 1.82) is 0 Å². The van der Waals surface area contributed by atoms with Crippen molar-refractivity contribution in [3.05, 3.63) is 60.3 Å². The fourth-order valence-corrected chi connectivity index (χ4v) is 2.27. The molecule has 3 rings (SSSR count). The van der Waals surface area contributed by atoms with Crippen molar-refractivity contribution >= 4 is 12.0 Å². The van der Waals surface area contributed by atoms with E-state index >= 15 is 0 Å². The van der Waals surface area contributed by atoms with Crippen molar-refractivity contribution < 1.29 is 23.8 Å². The Morgan fingerprint density at radius 3 is 2.54 bits per heavy atom. The van der Waals surface area contributed by atoms with E-state index in [1.807, 2.05) is 24.3 Å². The van der Waals surface area contributed by atoms with E-state index in [1.165, 1.54) is 0 Å². The molecule has 0 aliphatic rings. The molecule has 0 aliphatic carbocycles. The molecule has 1 heterocycles. The number of rotatable bonds is 4. The van der Waals surface area contributed by atoms with Crippen molar-refractivity contribution in [2.45, 2.75) is 0 Å². The molecule has 2 aromatic carbocycles. The van der Waals surface area contributed by atoms with E-state index in [-0.39, 0.29) is 5.56 Å². The van der Waals surface area contributed by atoms with Gasteiger partial charge in [0, 0.05) is 16.7 Å². The Labute approximate surface area is 148 Å². The Balaban J connectivity index is 1.81. The first-order valence-corrected chi connectivity index (χ1v) is 7.57. The molecule has 0 atom stereocenters. The van der Waals surface area contributed by atoms with Gasteiger partial charge in [-0.3, -0.25) is 10.2 Å². The van der Waals surface area contributed by atoms with Gasteiger partial charge in [0.15, 0.2) is 5.76 Å². The lowest BCUT2D eigenvalue weighted by Crippen LogP contribution is -2.40. The monoisotopic (exact) mass is 353 g/mol. The summed E-state index contributed by atoms with van der Waals surface area (Å²) in [5.41, 5.74) is 5.57. The van der Waals surface area contributed by atoms with Crippen LogP contribution in [0, 0.1) is 0 Å². The molecule has 0 saturated heterocycles. The first-order chi connectivity index (χ1) is 12.6. The molecule has 0 aliphatic heterocycles. The van der Waals surface area contributed by atoms with Gasteiger partial charge < -0.3 is 14.3 Å². The number of oxazole rings is 1. The summed E-state index contributed by atoms with van der Waals surface area (Å²) in [6.45, 7) is 0. The lowest BCUT2D eigenvalue weighted by atomic mass is 10.1. The van der Waals surface area contributed by atoms with Crippen LogP contribution in [0.4, 0.5) is 4.79 Å². The SMILES string of the molecule is COc1ccc(-c2cnc(-c3cccc(C(=O)NNC(=O)O)c3)o2)cc1. The molecule has 8 heteroatoms. The minimum Gasteiger partial charge on any atom is -0.497 e. The predicted octanol–water partition coefficient (Wildman–Crippen LogP) is 2.93. The largest absolute Gasteiger partial charge is 0.497 e. The molecule has 0 saturated carbocycles. The van der Waals surface area contributed by atoms with Crippen LogP contribution in [-0.4, -0.2) is 29.2 Å². The first kappa shape index (κ1) is 17.0. The molecule has 0 spiro atoms. The molecule has 0 unspecified atom stereocenters. The number of hydrazine groups is 1. The molecule has 132 valence electrons. The first-order valence-electron chi connectivity index (χ1n) is 7.57. The number of benzene rings is 2. The molecular formula is C18H15N3O5. The zero-order valence-electron chi connectivity index (χ0n) is 13.7. The van der Waals surface area contributed by atoms with Crippen LogP contribution in [0.3, 0.4) is 0 Å². The van der Waals surface area contributed by atoms with E-state index in [0.29, 0.717) is 17.2 Å². The van der Waals surface area contributed by atoms with Crippen LogP contribution in [0.25, 0.3) is 22.8 Å². The summed E-state index contributed by atoms with van der Waals surface area (Å²) in [6.07, 6.45) is 0.238. The van der Waals surface area contributed by atoms with E-state index in [9.17, 15) is 9.59 Å². The van der Waals surface area contributed by atoms with Crippen LogP contribution in [0.15, 0.2) is 59.1 Å². The number of carbonyl (C=O) groups excluding carboxylic acids is 1. The third-order valence-corrected chi connectivity index (χ3v) is 3.53. The van der Waals surface area contributed by atoms with Gasteiger partial charge in [0.1, 0.15) is 5.75 Å². The lowest BCUT2D eigenvalue weighted by Gasteiger charge is -2.05. The van der Waals surface area contributed by atoms with E-state index < -0.39 is 12.0 Å². The standard InChI is InChI=1S/C18H15N3O5/c1-25-14-7-5-11(6-8-14)15-10-19-17(26-15)13-4-2-3-12(9-13)16(22)20-21-18(23)24/h2-10,21H,1H3,(H,20,22)(H,23,24). The molecule has 0 fully saturated rings. The number of aromatic nitrogens is 1.